The van der Waals surface area contributed by atoms with E-state index in [1.165, 1.54) is 0 Å². The number of hydrogen-bond acceptors (Lipinski definition) is 7. The second kappa shape index (κ2) is 6.18. The van der Waals surface area contributed by atoms with E-state index in [2.05, 4.69) is 6.58 Å². The van der Waals surface area contributed by atoms with Gasteiger partial charge in [0.05, 0.1) is 17.4 Å². The number of rotatable bonds is 2. The molecule has 0 unspecified atom stereocenters. The van der Waals surface area contributed by atoms with Crippen LogP contribution in [-0.2, 0) is 23.8 Å². The molecule has 0 radical (unpaired) electrons. The molecule has 7 heteroatoms. The van der Waals surface area contributed by atoms with E-state index in [0.717, 1.165) is 0 Å². The van der Waals surface area contributed by atoms with Crippen molar-refractivity contribution in [3.8, 4) is 0 Å². The number of aliphatic hydroxyl groups excluding tert-OH is 1. The Balaban J connectivity index is 2.06. The molecule has 2 bridgehead atoms. The van der Waals surface area contributed by atoms with Gasteiger partial charge in [-0.05, 0) is 25.5 Å². The van der Waals surface area contributed by atoms with Gasteiger partial charge in [0, 0.05) is 18.4 Å². The minimum absolute atomic E-state index is 0.170. The lowest BCUT2D eigenvalue weighted by Gasteiger charge is -2.33. The Bertz CT molecular complexity index is 681. The molecule has 0 aromatic carbocycles. The first-order chi connectivity index (χ1) is 12.0. The number of hydrogen-bond donors (Lipinski definition) is 2. The lowest BCUT2D eigenvalue weighted by atomic mass is 9.81. The van der Waals surface area contributed by atoms with Crippen molar-refractivity contribution in [2.45, 2.75) is 70.2 Å². The Morgan fingerprint density at radius 3 is 2.69 bits per heavy atom. The van der Waals surface area contributed by atoms with Gasteiger partial charge in [0.25, 0.3) is 0 Å². The maximum Gasteiger partial charge on any atom is 0.334 e. The monoisotopic (exact) mass is 366 g/mol. The average Bonchev–Trinajstić information content (AvgIpc) is 2.92. The standard InChI is InChI=1S/C19H26O7/c1-9(2)16(21)25-13-7-18(5)8-14(20)19(23,26-18)10(3)6-12-15(13)11(4)17(22)24-12/h6,9,12-15,20,23H,4,7-8H2,1-3,5H3/b10-6-/t12-,13-,14+,15+,18-,19+/m1/s1. The lowest BCUT2D eigenvalue weighted by Crippen LogP contribution is -2.41. The minimum atomic E-state index is -1.87. The molecule has 3 rings (SSSR count). The maximum absolute atomic E-state index is 12.2. The molecule has 0 spiro atoms. The van der Waals surface area contributed by atoms with E-state index in [1.807, 2.05) is 0 Å². The molecule has 3 heterocycles. The molecule has 2 saturated heterocycles. The molecule has 7 nitrogen and oxygen atoms in total. The van der Waals surface area contributed by atoms with Crippen LogP contribution in [0.5, 0.6) is 0 Å². The molecule has 144 valence electrons. The number of fused-ring (bicyclic) bond motifs is 3. The van der Waals surface area contributed by atoms with Gasteiger partial charge >= 0.3 is 11.9 Å². The Morgan fingerprint density at radius 2 is 2.08 bits per heavy atom. The Hall–Kier alpha value is -1.70. The van der Waals surface area contributed by atoms with Crippen molar-refractivity contribution >= 4 is 11.9 Å². The number of esters is 2. The van der Waals surface area contributed by atoms with Crippen molar-refractivity contribution in [1.29, 1.82) is 0 Å². The molecular weight excluding hydrogens is 340 g/mol. The summed E-state index contributed by atoms with van der Waals surface area (Å²) >= 11 is 0. The number of carbonyl (C=O) groups excluding carboxylic acids is 2. The topological polar surface area (TPSA) is 102 Å². The second-order valence-electron chi connectivity index (χ2n) is 8.07. The molecule has 0 saturated carbocycles. The summed E-state index contributed by atoms with van der Waals surface area (Å²) in [6, 6.07) is 0. The van der Waals surface area contributed by atoms with Crippen LogP contribution in [0, 0.1) is 11.8 Å². The van der Waals surface area contributed by atoms with E-state index in [0.29, 0.717) is 5.57 Å². The van der Waals surface area contributed by atoms with Crippen LogP contribution in [0.2, 0.25) is 0 Å². The van der Waals surface area contributed by atoms with E-state index in [-0.39, 0.29) is 24.3 Å². The van der Waals surface area contributed by atoms with Crippen LogP contribution >= 0.6 is 0 Å². The SMILES string of the molecule is C=C1C(=O)O[C@@H]2/C=C(/C)[C@]3(O)O[C@](C)(C[C@@H](OC(=O)C(C)C)[C@@H]12)C[C@@H]3O. The first-order valence-electron chi connectivity index (χ1n) is 8.86. The van der Waals surface area contributed by atoms with Crippen LogP contribution in [0.4, 0.5) is 0 Å². The summed E-state index contributed by atoms with van der Waals surface area (Å²) in [5.41, 5.74) is -0.358. The van der Waals surface area contributed by atoms with Crippen LogP contribution in [0.1, 0.15) is 40.5 Å². The molecule has 3 aliphatic rings. The van der Waals surface area contributed by atoms with Crippen LogP contribution in [0.15, 0.2) is 23.8 Å². The third-order valence-electron chi connectivity index (χ3n) is 5.49. The maximum atomic E-state index is 12.2. The molecule has 0 aliphatic carbocycles. The zero-order valence-corrected chi connectivity index (χ0v) is 15.5. The van der Waals surface area contributed by atoms with Crippen molar-refractivity contribution in [3.63, 3.8) is 0 Å². The van der Waals surface area contributed by atoms with Gasteiger partial charge in [-0.25, -0.2) is 4.79 Å². The van der Waals surface area contributed by atoms with Gasteiger partial charge in [0.1, 0.15) is 18.3 Å². The largest absolute Gasteiger partial charge is 0.461 e. The van der Waals surface area contributed by atoms with Crippen molar-refractivity contribution < 1.29 is 34.0 Å². The summed E-state index contributed by atoms with van der Waals surface area (Å²) in [6.45, 7) is 10.6. The first-order valence-corrected chi connectivity index (χ1v) is 8.86. The summed E-state index contributed by atoms with van der Waals surface area (Å²) in [5.74, 6) is -3.74. The summed E-state index contributed by atoms with van der Waals surface area (Å²) in [6.07, 6.45) is -0.691. The summed E-state index contributed by atoms with van der Waals surface area (Å²) in [4.78, 5) is 24.3. The van der Waals surface area contributed by atoms with E-state index in [1.54, 1.807) is 33.8 Å². The fraction of sp³-hybridized carbons (Fsp3) is 0.684. The van der Waals surface area contributed by atoms with Gasteiger partial charge < -0.3 is 24.4 Å². The lowest BCUT2D eigenvalue weighted by molar-refractivity contribution is -0.226. The first kappa shape index (κ1) is 19.1. The van der Waals surface area contributed by atoms with Crippen molar-refractivity contribution in [1.82, 2.24) is 0 Å². The molecular formula is C19H26O7. The molecule has 26 heavy (non-hydrogen) atoms. The highest BCUT2D eigenvalue weighted by atomic mass is 16.7. The van der Waals surface area contributed by atoms with Crippen molar-refractivity contribution in [2.75, 3.05) is 0 Å². The normalized spacial score (nSPS) is 44.5. The highest BCUT2D eigenvalue weighted by Crippen LogP contribution is 2.47. The van der Waals surface area contributed by atoms with Gasteiger partial charge in [-0.15, -0.1) is 0 Å². The Labute approximate surface area is 152 Å². The second-order valence-corrected chi connectivity index (χ2v) is 8.07. The van der Waals surface area contributed by atoms with Crippen LogP contribution in [0.25, 0.3) is 0 Å². The third kappa shape index (κ3) is 2.98. The van der Waals surface area contributed by atoms with Gasteiger partial charge in [-0.3, -0.25) is 4.79 Å². The summed E-state index contributed by atoms with van der Waals surface area (Å²) < 4.78 is 16.9. The molecule has 0 amide bonds. The van der Waals surface area contributed by atoms with Gasteiger partial charge in [-0.1, -0.05) is 20.4 Å². The fourth-order valence-electron chi connectivity index (χ4n) is 4.00. The molecule has 2 fully saturated rings. The Kier molecular flexibility index (Phi) is 4.53. The number of aliphatic hydroxyl groups is 2. The summed E-state index contributed by atoms with van der Waals surface area (Å²) in [7, 11) is 0. The molecule has 6 atom stereocenters. The third-order valence-corrected chi connectivity index (χ3v) is 5.49. The average molecular weight is 366 g/mol. The van der Waals surface area contributed by atoms with E-state index < -0.39 is 47.6 Å². The van der Waals surface area contributed by atoms with E-state index >= 15 is 0 Å². The van der Waals surface area contributed by atoms with Gasteiger partial charge in [-0.2, -0.15) is 0 Å². The number of ether oxygens (including phenoxy) is 3. The highest BCUT2D eigenvalue weighted by Gasteiger charge is 2.58. The van der Waals surface area contributed by atoms with Crippen molar-refractivity contribution in [3.05, 3.63) is 23.8 Å². The van der Waals surface area contributed by atoms with Crippen LogP contribution in [-0.4, -0.2) is 51.9 Å². The highest BCUT2D eigenvalue weighted by molar-refractivity contribution is 5.91. The molecule has 3 aliphatic heterocycles. The Morgan fingerprint density at radius 1 is 1.42 bits per heavy atom. The van der Waals surface area contributed by atoms with Crippen LogP contribution in [0.3, 0.4) is 0 Å². The fourth-order valence-corrected chi connectivity index (χ4v) is 4.00. The smallest absolute Gasteiger partial charge is 0.334 e. The van der Waals surface area contributed by atoms with Crippen molar-refractivity contribution in [2.24, 2.45) is 11.8 Å². The zero-order valence-electron chi connectivity index (χ0n) is 15.5. The zero-order chi connectivity index (χ0) is 19.4. The summed E-state index contributed by atoms with van der Waals surface area (Å²) in [5, 5.41) is 21.2. The van der Waals surface area contributed by atoms with E-state index in [4.69, 9.17) is 14.2 Å². The van der Waals surface area contributed by atoms with Gasteiger partial charge in [0.2, 0.25) is 5.79 Å². The predicted molar refractivity (Wildman–Crippen MR) is 90.7 cm³/mol. The van der Waals surface area contributed by atoms with E-state index in [9.17, 15) is 19.8 Å². The predicted octanol–water partition coefficient (Wildman–Crippen LogP) is 1.23. The number of carbonyl (C=O) groups is 2. The van der Waals surface area contributed by atoms with Gasteiger partial charge in [0.15, 0.2) is 0 Å². The minimum Gasteiger partial charge on any atom is -0.461 e. The molecule has 2 N–H and O–H groups in total. The van der Waals surface area contributed by atoms with Crippen LogP contribution < -0.4 is 0 Å². The quantitative estimate of drug-likeness (QED) is 0.430. The molecule has 0 aromatic rings. The molecule has 0 aromatic heterocycles.